The van der Waals surface area contributed by atoms with Crippen molar-refractivity contribution in [2.24, 2.45) is 0 Å². The molecule has 104 valence electrons. The van der Waals surface area contributed by atoms with Gasteiger partial charge in [-0.3, -0.25) is 0 Å². The van der Waals surface area contributed by atoms with Crippen molar-refractivity contribution in [2.75, 3.05) is 6.61 Å². The number of hydrogen-bond donors (Lipinski definition) is 0. The molecular weight excluding hydrogens is 243 g/mol. The Kier molecular flexibility index (Phi) is 2.74. The first-order valence-electron chi connectivity index (χ1n) is 6.24. The van der Waals surface area contributed by atoms with Crippen LogP contribution in [0.15, 0.2) is 0 Å². The van der Waals surface area contributed by atoms with Gasteiger partial charge in [-0.1, -0.05) is 0 Å². The van der Waals surface area contributed by atoms with Crippen LogP contribution in [0.1, 0.15) is 27.7 Å². The van der Waals surface area contributed by atoms with Crippen LogP contribution >= 0.6 is 0 Å². The molecule has 0 aromatic rings. The molecule has 3 saturated heterocycles. The van der Waals surface area contributed by atoms with Crippen molar-refractivity contribution >= 4 is 0 Å². The van der Waals surface area contributed by atoms with E-state index in [1.54, 1.807) is 13.8 Å². The van der Waals surface area contributed by atoms with Gasteiger partial charge >= 0.3 is 0 Å². The molecule has 0 aliphatic carbocycles. The second-order valence-corrected chi connectivity index (χ2v) is 5.88. The Morgan fingerprint density at radius 3 is 2.17 bits per heavy atom. The zero-order valence-electron chi connectivity index (χ0n) is 11.0. The van der Waals surface area contributed by atoms with Gasteiger partial charge in [0.2, 0.25) is 6.36 Å². The quantitative estimate of drug-likeness (QED) is 0.714. The molecule has 3 rings (SSSR count). The zero-order chi connectivity index (χ0) is 13.1. The Morgan fingerprint density at radius 2 is 1.56 bits per heavy atom. The second-order valence-electron chi connectivity index (χ2n) is 5.88. The van der Waals surface area contributed by atoms with Crippen LogP contribution < -0.4 is 0 Å². The van der Waals surface area contributed by atoms with Crippen molar-refractivity contribution < 1.29 is 28.1 Å². The van der Waals surface area contributed by atoms with Gasteiger partial charge in [-0.15, -0.1) is 0 Å². The summed E-state index contributed by atoms with van der Waals surface area (Å²) < 4.78 is 41.5. The van der Waals surface area contributed by atoms with E-state index in [4.69, 9.17) is 23.7 Å². The van der Waals surface area contributed by atoms with Crippen LogP contribution in [0.4, 0.5) is 4.39 Å². The number of hydrogen-bond acceptors (Lipinski definition) is 5. The fraction of sp³-hybridized carbons (Fsp3) is 1.00. The summed E-state index contributed by atoms with van der Waals surface area (Å²) >= 11 is 0. The third kappa shape index (κ3) is 2.06. The maximum atomic E-state index is 13.8. The lowest BCUT2D eigenvalue weighted by atomic mass is 10.1. The van der Waals surface area contributed by atoms with E-state index in [1.807, 2.05) is 13.8 Å². The van der Waals surface area contributed by atoms with E-state index in [2.05, 4.69) is 0 Å². The molecule has 0 bridgehead atoms. The molecule has 0 radical (unpaired) electrons. The number of halogens is 1. The van der Waals surface area contributed by atoms with Crippen LogP contribution in [0, 0.1) is 0 Å². The lowest BCUT2D eigenvalue weighted by Crippen LogP contribution is -2.40. The number of ether oxygens (including phenoxy) is 5. The molecule has 18 heavy (non-hydrogen) atoms. The number of fused-ring (bicyclic) bond motifs is 1. The van der Waals surface area contributed by atoms with E-state index in [9.17, 15) is 4.39 Å². The molecule has 0 aromatic heterocycles. The van der Waals surface area contributed by atoms with Crippen LogP contribution in [-0.2, 0) is 23.7 Å². The molecule has 0 spiro atoms. The summed E-state index contributed by atoms with van der Waals surface area (Å²) in [6.45, 7) is 7.55. The first-order valence-corrected chi connectivity index (χ1v) is 6.24. The average Bonchev–Trinajstić information content (AvgIpc) is 2.81. The standard InChI is InChI=1S/C12H19FO5/c1-11(2)14-5-6(16-11)7-8-9(10(13)15-7)18-12(3,4)17-8/h6-10H,5H2,1-4H3/t6-,7+,8-,9-,10+/m0/s1. The van der Waals surface area contributed by atoms with Gasteiger partial charge in [-0.25, -0.2) is 4.39 Å². The van der Waals surface area contributed by atoms with Gasteiger partial charge in [0.05, 0.1) is 6.61 Å². The van der Waals surface area contributed by atoms with Crippen molar-refractivity contribution in [3.05, 3.63) is 0 Å². The molecule has 0 saturated carbocycles. The van der Waals surface area contributed by atoms with Crippen molar-refractivity contribution in [3.8, 4) is 0 Å². The van der Waals surface area contributed by atoms with Crippen molar-refractivity contribution in [2.45, 2.75) is 70.0 Å². The SMILES string of the molecule is CC1(C)O[C@@H]2[C@H](O1)[C@H](F)O[C@@H]2[C@@H]1COC(C)(C)O1. The Labute approximate surface area is 105 Å². The molecule has 0 unspecified atom stereocenters. The summed E-state index contributed by atoms with van der Waals surface area (Å²) in [6.07, 6.45) is -3.43. The van der Waals surface area contributed by atoms with E-state index >= 15 is 0 Å². The van der Waals surface area contributed by atoms with Gasteiger partial charge < -0.3 is 23.7 Å². The van der Waals surface area contributed by atoms with Crippen LogP contribution in [0.25, 0.3) is 0 Å². The van der Waals surface area contributed by atoms with E-state index in [-0.39, 0.29) is 6.10 Å². The second kappa shape index (κ2) is 3.86. The van der Waals surface area contributed by atoms with Crippen LogP contribution in [0.2, 0.25) is 0 Å². The van der Waals surface area contributed by atoms with E-state index in [0.717, 1.165) is 0 Å². The molecule has 5 nitrogen and oxygen atoms in total. The lowest BCUT2D eigenvalue weighted by Gasteiger charge is -2.25. The summed E-state index contributed by atoms with van der Waals surface area (Å²) in [5, 5.41) is 0. The summed E-state index contributed by atoms with van der Waals surface area (Å²) in [7, 11) is 0. The molecule has 3 heterocycles. The molecule has 0 amide bonds. The molecule has 0 N–H and O–H groups in total. The average molecular weight is 262 g/mol. The molecule has 3 aliphatic rings. The minimum atomic E-state index is -1.48. The van der Waals surface area contributed by atoms with Crippen molar-refractivity contribution in [1.29, 1.82) is 0 Å². The van der Waals surface area contributed by atoms with Gasteiger partial charge in [-0.2, -0.15) is 0 Å². The molecule has 0 aromatic carbocycles. The number of alkyl halides is 1. The third-order valence-corrected chi connectivity index (χ3v) is 3.43. The van der Waals surface area contributed by atoms with Crippen molar-refractivity contribution in [1.82, 2.24) is 0 Å². The minimum absolute atomic E-state index is 0.328. The van der Waals surface area contributed by atoms with Crippen LogP contribution in [0.5, 0.6) is 0 Å². The predicted molar refractivity (Wildman–Crippen MR) is 58.5 cm³/mol. The third-order valence-electron chi connectivity index (χ3n) is 3.43. The van der Waals surface area contributed by atoms with Crippen molar-refractivity contribution in [3.63, 3.8) is 0 Å². The van der Waals surface area contributed by atoms with Gasteiger partial charge in [-0.05, 0) is 27.7 Å². The molecule has 6 heteroatoms. The van der Waals surface area contributed by atoms with Gasteiger partial charge in [0.25, 0.3) is 0 Å². The van der Waals surface area contributed by atoms with Gasteiger partial charge in [0.15, 0.2) is 11.6 Å². The molecule has 3 fully saturated rings. The van der Waals surface area contributed by atoms with E-state index < -0.39 is 36.2 Å². The summed E-state index contributed by atoms with van der Waals surface area (Å²) in [5.41, 5.74) is 0. The van der Waals surface area contributed by atoms with Gasteiger partial charge in [0, 0.05) is 0 Å². The first kappa shape index (κ1) is 12.7. The lowest BCUT2D eigenvalue weighted by molar-refractivity contribution is -0.221. The molecule has 3 aliphatic heterocycles. The topological polar surface area (TPSA) is 46.2 Å². The zero-order valence-corrected chi connectivity index (χ0v) is 11.0. The van der Waals surface area contributed by atoms with Gasteiger partial charge in [0.1, 0.15) is 24.4 Å². The van der Waals surface area contributed by atoms with E-state index in [0.29, 0.717) is 6.61 Å². The Balaban J connectivity index is 1.75. The molecule has 5 atom stereocenters. The Bertz CT molecular complexity index is 345. The predicted octanol–water partition coefficient (Wildman–Crippen LogP) is 1.35. The Hall–Kier alpha value is -0.270. The highest BCUT2D eigenvalue weighted by Gasteiger charge is 2.59. The highest BCUT2D eigenvalue weighted by molar-refractivity contribution is 4.99. The van der Waals surface area contributed by atoms with Crippen LogP contribution in [0.3, 0.4) is 0 Å². The fourth-order valence-electron chi connectivity index (χ4n) is 2.76. The monoisotopic (exact) mass is 262 g/mol. The largest absolute Gasteiger partial charge is 0.348 e. The summed E-state index contributed by atoms with van der Waals surface area (Å²) in [4.78, 5) is 0. The maximum Gasteiger partial charge on any atom is 0.228 e. The normalized spacial score (nSPS) is 49.5. The highest BCUT2D eigenvalue weighted by Crippen LogP contribution is 2.42. The maximum absolute atomic E-state index is 13.8. The minimum Gasteiger partial charge on any atom is -0.348 e. The molecular formula is C12H19FO5. The smallest absolute Gasteiger partial charge is 0.228 e. The fourth-order valence-corrected chi connectivity index (χ4v) is 2.76. The first-order chi connectivity index (χ1) is 8.27. The number of rotatable bonds is 1. The van der Waals surface area contributed by atoms with E-state index in [1.165, 1.54) is 0 Å². The summed E-state index contributed by atoms with van der Waals surface area (Å²) in [5.74, 6) is -1.44. The van der Waals surface area contributed by atoms with Crippen LogP contribution in [-0.4, -0.2) is 49.0 Å². The highest BCUT2D eigenvalue weighted by atomic mass is 19.1. The Morgan fingerprint density at radius 1 is 0.889 bits per heavy atom. The summed E-state index contributed by atoms with van der Waals surface area (Å²) in [6, 6.07) is 0.